The first-order valence-corrected chi connectivity index (χ1v) is 5.92. The molecule has 0 radical (unpaired) electrons. The molecular weight excluding hydrogens is 206 g/mol. The van der Waals surface area contributed by atoms with E-state index in [0.717, 1.165) is 12.8 Å². The molecule has 2 aliphatic rings. The van der Waals surface area contributed by atoms with Crippen LogP contribution >= 0.6 is 0 Å². The number of likely N-dealkylation sites (tertiary alicyclic amines) is 1. The summed E-state index contributed by atoms with van der Waals surface area (Å²) in [5.74, 6) is 0.597. The Morgan fingerprint density at radius 3 is 2.56 bits per heavy atom. The molecule has 0 aromatic heterocycles. The smallest absolute Gasteiger partial charge is 0.407 e. The highest BCUT2D eigenvalue weighted by Gasteiger charge is 2.64. The fourth-order valence-electron chi connectivity index (χ4n) is 3.32. The fourth-order valence-corrected chi connectivity index (χ4v) is 3.32. The lowest BCUT2D eigenvalue weighted by molar-refractivity contribution is 0.0235. The molecule has 4 nitrogen and oxygen atoms in total. The van der Waals surface area contributed by atoms with Crippen LogP contribution in [0.3, 0.4) is 0 Å². The van der Waals surface area contributed by atoms with Crippen molar-refractivity contribution in [3.8, 4) is 0 Å². The second-order valence-electron chi connectivity index (χ2n) is 6.29. The van der Waals surface area contributed by atoms with Crippen LogP contribution < -0.4 is 0 Å². The third kappa shape index (κ3) is 1.51. The summed E-state index contributed by atoms with van der Waals surface area (Å²) in [5.41, 5.74) is 0.294. The van der Waals surface area contributed by atoms with Crippen LogP contribution in [0, 0.1) is 16.7 Å². The van der Waals surface area contributed by atoms with Crippen molar-refractivity contribution in [2.24, 2.45) is 16.7 Å². The van der Waals surface area contributed by atoms with E-state index in [0.29, 0.717) is 12.5 Å². The van der Waals surface area contributed by atoms with Crippen molar-refractivity contribution in [1.82, 2.24) is 4.90 Å². The van der Waals surface area contributed by atoms with Crippen molar-refractivity contribution in [2.45, 2.75) is 39.7 Å². The van der Waals surface area contributed by atoms with E-state index < -0.39 is 6.09 Å². The molecule has 3 atom stereocenters. The summed E-state index contributed by atoms with van der Waals surface area (Å²) in [5, 5.41) is 18.4. The molecule has 2 N–H and O–H groups in total. The molecule has 2 fully saturated rings. The van der Waals surface area contributed by atoms with Crippen molar-refractivity contribution in [2.75, 3.05) is 13.2 Å². The van der Waals surface area contributed by atoms with Crippen LogP contribution in [0.1, 0.15) is 33.6 Å². The first-order chi connectivity index (χ1) is 7.32. The summed E-state index contributed by atoms with van der Waals surface area (Å²) in [7, 11) is 0. The molecule has 1 saturated heterocycles. The minimum absolute atomic E-state index is 0.0526. The van der Waals surface area contributed by atoms with Gasteiger partial charge in [0.05, 0.1) is 12.6 Å². The van der Waals surface area contributed by atoms with Gasteiger partial charge in [0.25, 0.3) is 0 Å². The van der Waals surface area contributed by atoms with Gasteiger partial charge in [-0.2, -0.15) is 0 Å². The van der Waals surface area contributed by atoms with E-state index in [9.17, 15) is 15.0 Å². The molecule has 0 aromatic rings. The number of nitrogens with zero attached hydrogens (tertiary/aromatic N) is 1. The maximum atomic E-state index is 11.2. The third-order valence-corrected chi connectivity index (χ3v) is 4.63. The van der Waals surface area contributed by atoms with Crippen LogP contribution in [-0.2, 0) is 0 Å². The topological polar surface area (TPSA) is 60.8 Å². The maximum Gasteiger partial charge on any atom is 0.407 e. The van der Waals surface area contributed by atoms with Gasteiger partial charge in [0.15, 0.2) is 0 Å². The molecule has 1 amide bonds. The van der Waals surface area contributed by atoms with Gasteiger partial charge in [0, 0.05) is 6.54 Å². The van der Waals surface area contributed by atoms with Gasteiger partial charge in [-0.1, -0.05) is 20.8 Å². The quantitative estimate of drug-likeness (QED) is 0.718. The normalized spacial score (nSPS) is 38.1. The van der Waals surface area contributed by atoms with E-state index >= 15 is 0 Å². The number of aliphatic hydroxyl groups is 1. The van der Waals surface area contributed by atoms with Gasteiger partial charge < -0.3 is 15.1 Å². The predicted octanol–water partition coefficient (Wildman–Crippen LogP) is 1.78. The number of aliphatic hydroxyl groups excluding tert-OH is 1. The molecule has 0 aromatic carbocycles. The predicted molar refractivity (Wildman–Crippen MR) is 60.2 cm³/mol. The first kappa shape index (κ1) is 11.7. The zero-order chi connectivity index (χ0) is 12.1. The zero-order valence-electron chi connectivity index (χ0n) is 10.2. The molecule has 1 saturated carbocycles. The lowest BCUT2D eigenvalue weighted by Gasteiger charge is -2.42. The number of hydrogen-bond acceptors (Lipinski definition) is 2. The van der Waals surface area contributed by atoms with Gasteiger partial charge in [-0.25, -0.2) is 4.79 Å². The molecule has 92 valence electrons. The highest BCUT2D eigenvalue weighted by Crippen LogP contribution is 2.67. The number of fused-ring (bicyclic) bond motifs is 1. The number of carboxylic acid groups (broad SMARTS) is 1. The van der Waals surface area contributed by atoms with Crippen LogP contribution in [0.15, 0.2) is 0 Å². The van der Waals surface area contributed by atoms with Gasteiger partial charge in [-0.15, -0.1) is 0 Å². The molecule has 0 unspecified atom stereocenters. The van der Waals surface area contributed by atoms with Crippen molar-refractivity contribution in [3.05, 3.63) is 0 Å². The summed E-state index contributed by atoms with van der Waals surface area (Å²) in [6.45, 7) is 7.09. The molecule has 4 heteroatoms. The number of hydrogen-bond donors (Lipinski definition) is 2. The van der Waals surface area contributed by atoms with E-state index in [1.54, 1.807) is 0 Å². The molecule has 0 bridgehead atoms. The molecule has 1 aliphatic carbocycles. The Morgan fingerprint density at radius 2 is 2.12 bits per heavy atom. The van der Waals surface area contributed by atoms with Gasteiger partial charge in [0.1, 0.15) is 0 Å². The molecule has 1 aliphatic heterocycles. The van der Waals surface area contributed by atoms with Crippen LogP contribution in [-0.4, -0.2) is 40.4 Å². The largest absolute Gasteiger partial charge is 0.465 e. The summed E-state index contributed by atoms with van der Waals surface area (Å²) >= 11 is 0. The Morgan fingerprint density at radius 1 is 1.50 bits per heavy atom. The van der Waals surface area contributed by atoms with Gasteiger partial charge in [-0.05, 0) is 29.6 Å². The Hall–Kier alpha value is -0.770. The molecular formula is C12H21NO3. The summed E-state index contributed by atoms with van der Waals surface area (Å²) in [4.78, 5) is 12.6. The van der Waals surface area contributed by atoms with Crippen LogP contribution in [0.25, 0.3) is 0 Å². The van der Waals surface area contributed by atoms with Crippen molar-refractivity contribution in [1.29, 1.82) is 0 Å². The number of rotatable bonds is 1. The summed E-state index contributed by atoms with van der Waals surface area (Å²) in [6.07, 6.45) is 1.03. The van der Waals surface area contributed by atoms with Crippen molar-refractivity contribution >= 4 is 6.09 Å². The van der Waals surface area contributed by atoms with E-state index in [1.807, 2.05) is 0 Å². The minimum Gasteiger partial charge on any atom is -0.465 e. The van der Waals surface area contributed by atoms with Crippen LogP contribution in [0.5, 0.6) is 0 Å². The lowest BCUT2D eigenvalue weighted by atomic mass is 9.73. The summed E-state index contributed by atoms with van der Waals surface area (Å²) in [6, 6.07) is -0.194. The molecule has 2 rings (SSSR count). The lowest BCUT2D eigenvalue weighted by Crippen LogP contribution is -2.51. The Balaban J connectivity index is 2.19. The van der Waals surface area contributed by atoms with Crippen LogP contribution in [0.2, 0.25) is 0 Å². The minimum atomic E-state index is -0.895. The average Bonchev–Trinajstić information content (AvgIpc) is 2.88. The SMILES string of the molecule is CC(C)(C)[C@]12C[C@H]1C[C@@H](CO)N(C(=O)O)C2. The Bertz CT molecular complexity index is 310. The van der Waals surface area contributed by atoms with Gasteiger partial charge in [-0.3, -0.25) is 0 Å². The maximum absolute atomic E-state index is 11.2. The van der Waals surface area contributed by atoms with Gasteiger partial charge >= 0.3 is 6.09 Å². The Labute approximate surface area is 96.3 Å². The second kappa shape index (κ2) is 3.36. The first-order valence-electron chi connectivity index (χ1n) is 5.92. The molecule has 0 spiro atoms. The highest BCUT2D eigenvalue weighted by atomic mass is 16.4. The molecule has 1 heterocycles. The third-order valence-electron chi connectivity index (χ3n) is 4.63. The highest BCUT2D eigenvalue weighted by molar-refractivity contribution is 5.66. The number of amides is 1. The molecule has 16 heavy (non-hydrogen) atoms. The number of piperidine rings is 1. The van der Waals surface area contributed by atoms with Crippen molar-refractivity contribution in [3.63, 3.8) is 0 Å². The average molecular weight is 227 g/mol. The van der Waals surface area contributed by atoms with E-state index in [1.165, 1.54) is 4.90 Å². The van der Waals surface area contributed by atoms with E-state index in [2.05, 4.69) is 20.8 Å². The van der Waals surface area contributed by atoms with Gasteiger partial charge in [0.2, 0.25) is 0 Å². The monoisotopic (exact) mass is 227 g/mol. The summed E-state index contributed by atoms with van der Waals surface area (Å²) < 4.78 is 0. The fraction of sp³-hybridized carbons (Fsp3) is 0.917. The van der Waals surface area contributed by atoms with E-state index in [-0.39, 0.29) is 23.5 Å². The van der Waals surface area contributed by atoms with Crippen molar-refractivity contribution < 1.29 is 15.0 Å². The van der Waals surface area contributed by atoms with E-state index in [4.69, 9.17) is 0 Å². The van der Waals surface area contributed by atoms with Crippen LogP contribution in [0.4, 0.5) is 4.79 Å². The Kier molecular flexibility index (Phi) is 2.46. The standard InChI is InChI=1S/C12H21NO3/c1-11(2,3)12-5-8(12)4-9(6-14)13(7-12)10(15)16/h8-9,14H,4-7H2,1-3H3,(H,15,16)/t8-,9+,12+/m1/s1. The number of carbonyl (C=O) groups is 1. The zero-order valence-corrected chi connectivity index (χ0v) is 10.2. The second-order valence-corrected chi connectivity index (χ2v) is 6.29.